The molecule has 6 nitrogen and oxygen atoms in total. The molecule has 82 valence electrons. The third kappa shape index (κ3) is 2.61. The van der Waals surface area contributed by atoms with Crippen molar-refractivity contribution in [3.05, 3.63) is 29.7 Å². The van der Waals surface area contributed by atoms with Crippen LogP contribution >= 0.6 is 23.6 Å². The van der Waals surface area contributed by atoms with Crippen LogP contribution in [0.2, 0.25) is 0 Å². The maximum absolute atomic E-state index is 11.5. The fourth-order valence-electron chi connectivity index (χ4n) is 0.928. The zero-order valence-electron chi connectivity index (χ0n) is 7.84. The lowest BCUT2D eigenvalue weighted by molar-refractivity contribution is 0.0950. The average Bonchev–Trinajstić information content (AvgIpc) is 2.88. The van der Waals surface area contributed by atoms with E-state index in [9.17, 15) is 4.79 Å². The Bertz CT molecular complexity index is 480. The molecule has 0 saturated heterocycles. The number of aromatic nitrogens is 2. The van der Waals surface area contributed by atoms with Crippen LogP contribution in [0.15, 0.2) is 28.3 Å². The third-order valence-electron chi connectivity index (χ3n) is 1.55. The molecule has 0 aliphatic rings. The molecule has 0 bridgehead atoms. The zero-order valence-corrected chi connectivity index (χ0v) is 9.47. The minimum absolute atomic E-state index is 0.151. The van der Waals surface area contributed by atoms with E-state index in [1.807, 2.05) is 0 Å². The van der Waals surface area contributed by atoms with E-state index in [1.165, 1.54) is 17.6 Å². The number of rotatable bonds is 2. The van der Waals surface area contributed by atoms with Crippen molar-refractivity contribution in [2.45, 2.75) is 0 Å². The van der Waals surface area contributed by atoms with E-state index in [0.29, 0.717) is 5.13 Å². The second-order valence-electron chi connectivity index (χ2n) is 2.63. The van der Waals surface area contributed by atoms with E-state index in [4.69, 9.17) is 16.6 Å². The number of furan rings is 1. The third-order valence-corrected chi connectivity index (χ3v) is 2.36. The molecule has 2 heterocycles. The molecule has 0 unspecified atom stereocenters. The highest BCUT2D eigenvalue weighted by Crippen LogP contribution is 2.07. The van der Waals surface area contributed by atoms with Gasteiger partial charge in [0.05, 0.1) is 6.26 Å². The number of nitrogens with one attached hydrogen (secondary N) is 2. The van der Waals surface area contributed by atoms with Crippen LogP contribution in [-0.2, 0) is 0 Å². The van der Waals surface area contributed by atoms with Crippen molar-refractivity contribution in [1.82, 2.24) is 15.5 Å². The van der Waals surface area contributed by atoms with Crippen molar-refractivity contribution in [1.29, 1.82) is 0 Å². The lowest BCUT2D eigenvalue weighted by Crippen LogP contribution is -2.33. The summed E-state index contributed by atoms with van der Waals surface area (Å²) in [5.74, 6) is -0.214. The molecule has 2 aromatic heterocycles. The molecule has 0 fully saturated rings. The minimum Gasteiger partial charge on any atom is -0.459 e. The van der Waals surface area contributed by atoms with Gasteiger partial charge in [-0.2, -0.15) is 0 Å². The van der Waals surface area contributed by atoms with Gasteiger partial charge in [-0.05, 0) is 24.4 Å². The standard InChI is InChI=1S/C8H6N4O2S2/c13-6(5-2-1-3-14-5)10-7(15)11-8-12-9-4-16-8/h1-4H,(H2,10,11,12,13,15). The molecule has 0 spiro atoms. The SMILES string of the molecule is O=C(NC(=S)Nc1nncs1)c1ccco1. The van der Waals surface area contributed by atoms with Crippen LogP contribution in [0.5, 0.6) is 0 Å². The molecule has 0 aliphatic heterocycles. The molecule has 0 aliphatic carbocycles. The first kappa shape index (κ1) is 10.7. The van der Waals surface area contributed by atoms with Crippen LogP contribution in [0, 0.1) is 0 Å². The average molecular weight is 254 g/mol. The Labute approximate surface area is 99.7 Å². The van der Waals surface area contributed by atoms with Gasteiger partial charge < -0.3 is 9.73 Å². The van der Waals surface area contributed by atoms with Gasteiger partial charge in [0.25, 0.3) is 5.91 Å². The van der Waals surface area contributed by atoms with E-state index in [2.05, 4.69) is 20.8 Å². The van der Waals surface area contributed by atoms with Gasteiger partial charge in [0.1, 0.15) is 5.51 Å². The van der Waals surface area contributed by atoms with Gasteiger partial charge in [0.2, 0.25) is 5.13 Å². The number of thiocarbonyl (C=S) groups is 1. The number of carbonyl (C=O) groups excluding carboxylic acids is 1. The predicted molar refractivity (Wildman–Crippen MR) is 62.3 cm³/mol. The van der Waals surface area contributed by atoms with Crippen LogP contribution in [0.1, 0.15) is 10.6 Å². The molecule has 1 amide bonds. The summed E-state index contributed by atoms with van der Waals surface area (Å²) in [6.07, 6.45) is 1.41. The molecule has 2 N–H and O–H groups in total. The second-order valence-corrected chi connectivity index (χ2v) is 3.87. The fourth-order valence-corrected chi connectivity index (χ4v) is 1.63. The van der Waals surface area contributed by atoms with E-state index >= 15 is 0 Å². The van der Waals surface area contributed by atoms with Crippen molar-refractivity contribution in [2.75, 3.05) is 5.32 Å². The molecule has 16 heavy (non-hydrogen) atoms. The number of carbonyl (C=O) groups is 1. The van der Waals surface area contributed by atoms with E-state index < -0.39 is 5.91 Å². The van der Waals surface area contributed by atoms with Crippen LogP contribution in [-0.4, -0.2) is 21.2 Å². The fraction of sp³-hybridized carbons (Fsp3) is 0. The summed E-state index contributed by atoms with van der Waals surface area (Å²) in [4.78, 5) is 11.5. The molecule has 0 aromatic carbocycles. The molecular weight excluding hydrogens is 248 g/mol. The Morgan fingerprint density at radius 3 is 3.06 bits per heavy atom. The quantitative estimate of drug-likeness (QED) is 0.785. The monoisotopic (exact) mass is 254 g/mol. The van der Waals surface area contributed by atoms with Gasteiger partial charge in [-0.1, -0.05) is 11.3 Å². The lowest BCUT2D eigenvalue weighted by Gasteiger charge is -2.04. The van der Waals surface area contributed by atoms with Gasteiger partial charge in [-0.3, -0.25) is 10.1 Å². The smallest absolute Gasteiger partial charge is 0.293 e. The second kappa shape index (κ2) is 4.81. The van der Waals surface area contributed by atoms with Crippen molar-refractivity contribution in [3.8, 4) is 0 Å². The molecule has 0 saturated carbocycles. The van der Waals surface area contributed by atoms with Crippen molar-refractivity contribution in [3.63, 3.8) is 0 Å². The van der Waals surface area contributed by atoms with Crippen molar-refractivity contribution < 1.29 is 9.21 Å². The Morgan fingerprint density at radius 2 is 2.44 bits per heavy atom. The summed E-state index contributed by atoms with van der Waals surface area (Å²) >= 11 is 6.19. The van der Waals surface area contributed by atoms with Gasteiger partial charge in [0.15, 0.2) is 10.9 Å². The molecule has 2 rings (SSSR count). The maximum Gasteiger partial charge on any atom is 0.293 e. The Morgan fingerprint density at radius 1 is 1.56 bits per heavy atom. The van der Waals surface area contributed by atoms with Gasteiger partial charge in [0, 0.05) is 0 Å². The number of hydrogen-bond acceptors (Lipinski definition) is 6. The van der Waals surface area contributed by atoms with Crippen LogP contribution in [0.4, 0.5) is 5.13 Å². The number of amides is 1. The van der Waals surface area contributed by atoms with E-state index in [0.717, 1.165) is 0 Å². The molecular formula is C8H6N4O2S2. The number of hydrogen-bond donors (Lipinski definition) is 2. The van der Waals surface area contributed by atoms with Gasteiger partial charge in [-0.25, -0.2) is 0 Å². The minimum atomic E-state index is -0.410. The topological polar surface area (TPSA) is 80.0 Å². The van der Waals surface area contributed by atoms with Crippen LogP contribution in [0.25, 0.3) is 0 Å². The summed E-state index contributed by atoms with van der Waals surface area (Å²) < 4.78 is 4.91. The highest BCUT2D eigenvalue weighted by molar-refractivity contribution is 7.80. The largest absolute Gasteiger partial charge is 0.459 e. The lowest BCUT2D eigenvalue weighted by atomic mass is 10.4. The summed E-state index contributed by atoms with van der Waals surface area (Å²) in [6.45, 7) is 0. The summed E-state index contributed by atoms with van der Waals surface area (Å²) in [6, 6.07) is 3.17. The Kier molecular flexibility index (Phi) is 3.22. The highest BCUT2D eigenvalue weighted by atomic mass is 32.1. The van der Waals surface area contributed by atoms with Crippen molar-refractivity contribution >= 4 is 39.7 Å². The summed E-state index contributed by atoms with van der Waals surface area (Å²) in [7, 11) is 0. The first-order valence-electron chi connectivity index (χ1n) is 4.18. The normalized spacial score (nSPS) is 9.75. The van der Waals surface area contributed by atoms with Gasteiger partial charge >= 0.3 is 0 Å². The summed E-state index contributed by atoms with van der Waals surface area (Å²) in [5, 5.41) is 13.2. The maximum atomic E-state index is 11.5. The molecule has 0 atom stereocenters. The molecule has 8 heteroatoms. The first-order chi connectivity index (χ1) is 7.75. The predicted octanol–water partition coefficient (Wildman–Crippen LogP) is 1.26. The van der Waals surface area contributed by atoms with E-state index in [1.54, 1.807) is 17.6 Å². The Balaban J connectivity index is 1.91. The Hall–Kier alpha value is -1.80. The number of nitrogens with zero attached hydrogens (tertiary/aromatic N) is 2. The molecule has 2 aromatic rings. The van der Waals surface area contributed by atoms with Crippen molar-refractivity contribution in [2.24, 2.45) is 0 Å². The summed E-state index contributed by atoms with van der Waals surface area (Å²) in [5.41, 5.74) is 1.55. The van der Waals surface area contributed by atoms with Crippen LogP contribution in [0.3, 0.4) is 0 Å². The van der Waals surface area contributed by atoms with Crippen LogP contribution < -0.4 is 10.6 Å². The van der Waals surface area contributed by atoms with Gasteiger partial charge in [-0.15, -0.1) is 10.2 Å². The number of anilines is 1. The molecule has 0 radical (unpaired) electrons. The highest BCUT2D eigenvalue weighted by Gasteiger charge is 2.10. The first-order valence-corrected chi connectivity index (χ1v) is 5.46. The zero-order chi connectivity index (χ0) is 11.4. The van der Waals surface area contributed by atoms with E-state index in [-0.39, 0.29) is 10.9 Å².